The monoisotopic (exact) mass is 340 g/mol. The molecule has 2 aliphatic heterocycles. The van der Waals surface area contributed by atoms with Crippen molar-refractivity contribution in [2.24, 2.45) is 11.8 Å². The van der Waals surface area contributed by atoms with E-state index >= 15 is 0 Å². The normalized spacial score (nSPS) is 32.8. The molecule has 0 aromatic rings. The lowest BCUT2D eigenvalue weighted by atomic mass is 9.81. The van der Waals surface area contributed by atoms with Gasteiger partial charge in [-0.1, -0.05) is 6.42 Å². The summed E-state index contributed by atoms with van der Waals surface area (Å²) >= 11 is 0. The molecule has 24 heavy (non-hydrogen) atoms. The predicted molar refractivity (Wildman–Crippen MR) is 76.4 cm³/mol. The van der Waals surface area contributed by atoms with Crippen molar-refractivity contribution in [1.82, 2.24) is 0 Å². The molecule has 0 N–H and O–H groups in total. The molecule has 0 spiro atoms. The minimum absolute atomic E-state index is 0.258. The summed E-state index contributed by atoms with van der Waals surface area (Å²) < 4.78 is 19.9. The van der Waals surface area contributed by atoms with E-state index in [1.165, 1.54) is 0 Å². The van der Waals surface area contributed by atoms with Gasteiger partial charge in [0.25, 0.3) is 0 Å². The second kappa shape index (κ2) is 7.19. The molecular formula is C16H20O8. The average molecular weight is 340 g/mol. The van der Waals surface area contributed by atoms with Crippen molar-refractivity contribution in [3.8, 4) is 0 Å². The van der Waals surface area contributed by atoms with Gasteiger partial charge < -0.3 is 18.9 Å². The third-order valence-corrected chi connectivity index (χ3v) is 4.63. The Balaban J connectivity index is 1.51. The number of esters is 4. The summed E-state index contributed by atoms with van der Waals surface area (Å²) in [5.41, 5.74) is 0. The Bertz CT molecular complexity index is 496. The minimum atomic E-state index is -0.835. The van der Waals surface area contributed by atoms with Crippen LogP contribution in [0.3, 0.4) is 0 Å². The van der Waals surface area contributed by atoms with E-state index in [1.807, 2.05) is 0 Å². The molecule has 132 valence electrons. The molecule has 0 bridgehead atoms. The molecule has 8 nitrogen and oxygen atoms in total. The maximum Gasteiger partial charge on any atom is 0.347 e. The van der Waals surface area contributed by atoms with Crippen molar-refractivity contribution in [3.63, 3.8) is 0 Å². The second-order valence-electron chi connectivity index (χ2n) is 6.32. The van der Waals surface area contributed by atoms with Crippen LogP contribution in [0.2, 0.25) is 0 Å². The Morgan fingerprint density at radius 3 is 1.62 bits per heavy atom. The quantitative estimate of drug-likeness (QED) is 0.538. The molecule has 0 radical (unpaired) electrons. The molecule has 0 aromatic carbocycles. The average Bonchev–Trinajstić information content (AvgIpc) is 3.16. The van der Waals surface area contributed by atoms with Gasteiger partial charge in [-0.2, -0.15) is 0 Å². The van der Waals surface area contributed by atoms with Crippen LogP contribution in [0.15, 0.2) is 0 Å². The lowest BCUT2D eigenvalue weighted by Crippen LogP contribution is -2.34. The number of ether oxygens (including phenoxy) is 4. The van der Waals surface area contributed by atoms with Gasteiger partial charge in [0.15, 0.2) is 0 Å². The van der Waals surface area contributed by atoms with Crippen LogP contribution in [-0.4, -0.2) is 49.3 Å². The maximum absolute atomic E-state index is 12.2. The summed E-state index contributed by atoms with van der Waals surface area (Å²) in [5, 5.41) is 0. The molecule has 3 rings (SSSR count). The largest absolute Gasteiger partial charge is 0.463 e. The van der Waals surface area contributed by atoms with E-state index < -0.39 is 47.9 Å². The standard InChI is InChI=1S/C16H20O8/c17-13(23-11-4-6-21-15(11)19)9-2-1-3-10(8-9)14(18)24-12-5-7-22-16(12)20/h9-12H,1-8H2/t9-,10+,11-,12-/m1/s1. The highest BCUT2D eigenvalue weighted by molar-refractivity contribution is 5.83. The first kappa shape index (κ1) is 16.7. The molecule has 1 saturated carbocycles. The fourth-order valence-corrected chi connectivity index (χ4v) is 3.26. The number of hydrogen-bond donors (Lipinski definition) is 0. The van der Waals surface area contributed by atoms with Crippen LogP contribution >= 0.6 is 0 Å². The van der Waals surface area contributed by atoms with Crippen molar-refractivity contribution in [1.29, 1.82) is 0 Å². The summed E-state index contributed by atoms with van der Waals surface area (Å²) in [4.78, 5) is 47.2. The van der Waals surface area contributed by atoms with Crippen LogP contribution in [0.5, 0.6) is 0 Å². The molecule has 3 aliphatic rings. The van der Waals surface area contributed by atoms with Crippen molar-refractivity contribution in [2.45, 2.75) is 50.7 Å². The Labute approximate surface area is 138 Å². The molecule has 0 amide bonds. The minimum Gasteiger partial charge on any atom is -0.463 e. The highest BCUT2D eigenvalue weighted by Crippen LogP contribution is 2.32. The van der Waals surface area contributed by atoms with Gasteiger partial charge in [0.2, 0.25) is 12.2 Å². The summed E-state index contributed by atoms with van der Waals surface area (Å²) in [6.45, 7) is 0.516. The van der Waals surface area contributed by atoms with Crippen molar-refractivity contribution in [2.75, 3.05) is 13.2 Å². The van der Waals surface area contributed by atoms with E-state index in [0.717, 1.165) is 0 Å². The molecule has 2 saturated heterocycles. The lowest BCUT2D eigenvalue weighted by Gasteiger charge is -2.27. The van der Waals surface area contributed by atoms with Crippen LogP contribution in [0.1, 0.15) is 38.5 Å². The third-order valence-electron chi connectivity index (χ3n) is 4.63. The third kappa shape index (κ3) is 3.68. The lowest BCUT2D eigenvalue weighted by molar-refractivity contribution is -0.168. The zero-order valence-corrected chi connectivity index (χ0v) is 13.2. The first-order valence-electron chi connectivity index (χ1n) is 8.29. The smallest absolute Gasteiger partial charge is 0.347 e. The molecule has 4 atom stereocenters. The second-order valence-corrected chi connectivity index (χ2v) is 6.32. The van der Waals surface area contributed by atoms with Gasteiger partial charge in [0.05, 0.1) is 25.0 Å². The first-order chi connectivity index (χ1) is 11.5. The molecular weight excluding hydrogens is 320 g/mol. The van der Waals surface area contributed by atoms with Crippen LogP contribution < -0.4 is 0 Å². The van der Waals surface area contributed by atoms with Crippen molar-refractivity contribution >= 4 is 23.9 Å². The summed E-state index contributed by atoms with van der Waals surface area (Å²) in [7, 11) is 0. The van der Waals surface area contributed by atoms with Crippen molar-refractivity contribution in [3.05, 3.63) is 0 Å². The van der Waals surface area contributed by atoms with Gasteiger partial charge in [-0.25, -0.2) is 9.59 Å². The Hall–Kier alpha value is -2.12. The highest BCUT2D eigenvalue weighted by atomic mass is 16.6. The number of cyclic esters (lactones) is 2. The van der Waals surface area contributed by atoms with Gasteiger partial charge in [-0.05, 0) is 19.3 Å². The topological polar surface area (TPSA) is 105 Å². The van der Waals surface area contributed by atoms with Gasteiger partial charge in [-0.3, -0.25) is 9.59 Å². The number of carbonyl (C=O) groups is 4. The predicted octanol–water partition coefficient (Wildman–Crippen LogP) is 0.510. The van der Waals surface area contributed by atoms with Gasteiger partial charge in [0, 0.05) is 12.8 Å². The Kier molecular flexibility index (Phi) is 5.01. The van der Waals surface area contributed by atoms with E-state index in [-0.39, 0.29) is 13.2 Å². The summed E-state index contributed by atoms with van der Waals surface area (Å²) in [6.07, 6.45) is 1.27. The van der Waals surface area contributed by atoms with Crippen LogP contribution in [0, 0.1) is 11.8 Å². The van der Waals surface area contributed by atoms with Crippen molar-refractivity contribution < 1.29 is 38.1 Å². The number of carbonyl (C=O) groups excluding carboxylic acids is 4. The SMILES string of the molecule is O=C(O[C@@H]1CCOC1=O)[C@@H]1CCC[C@H](C(=O)O[C@@H]2CCOC2=O)C1. The van der Waals surface area contributed by atoms with Gasteiger partial charge in [-0.15, -0.1) is 0 Å². The molecule has 0 unspecified atom stereocenters. The van der Waals surface area contributed by atoms with Crippen LogP contribution in [0.25, 0.3) is 0 Å². The highest BCUT2D eigenvalue weighted by Gasteiger charge is 2.38. The van der Waals surface area contributed by atoms with E-state index in [9.17, 15) is 19.2 Å². The fraction of sp³-hybridized carbons (Fsp3) is 0.750. The van der Waals surface area contributed by atoms with Crippen LogP contribution in [0.4, 0.5) is 0 Å². The maximum atomic E-state index is 12.2. The zero-order valence-electron chi connectivity index (χ0n) is 13.2. The van der Waals surface area contributed by atoms with E-state index in [2.05, 4.69) is 0 Å². The van der Waals surface area contributed by atoms with E-state index in [4.69, 9.17) is 18.9 Å². The fourth-order valence-electron chi connectivity index (χ4n) is 3.26. The Morgan fingerprint density at radius 2 is 1.25 bits per heavy atom. The molecule has 2 heterocycles. The molecule has 1 aliphatic carbocycles. The number of rotatable bonds is 4. The van der Waals surface area contributed by atoms with E-state index in [1.54, 1.807) is 0 Å². The number of hydrogen-bond acceptors (Lipinski definition) is 8. The molecule has 0 aromatic heterocycles. The Morgan fingerprint density at radius 1 is 0.792 bits per heavy atom. The van der Waals surface area contributed by atoms with Crippen LogP contribution in [-0.2, 0) is 38.1 Å². The summed E-state index contributed by atoms with van der Waals surface area (Å²) in [6, 6.07) is 0. The van der Waals surface area contributed by atoms with Gasteiger partial charge >= 0.3 is 23.9 Å². The zero-order chi connectivity index (χ0) is 17.1. The summed E-state index contributed by atoms with van der Waals surface area (Å²) in [5.74, 6) is -2.88. The first-order valence-corrected chi connectivity index (χ1v) is 8.29. The van der Waals surface area contributed by atoms with E-state index in [0.29, 0.717) is 38.5 Å². The molecule has 3 fully saturated rings. The van der Waals surface area contributed by atoms with Gasteiger partial charge in [0.1, 0.15) is 0 Å². The molecule has 8 heteroatoms.